The molecule has 0 radical (unpaired) electrons. The van der Waals surface area contributed by atoms with Gasteiger partial charge in [-0.15, -0.1) is 0 Å². The Hall–Kier alpha value is -1.17. The Morgan fingerprint density at radius 1 is 1.41 bits per heavy atom. The molecule has 0 aromatic heterocycles. The van der Waals surface area contributed by atoms with Crippen molar-refractivity contribution in [2.75, 3.05) is 19.8 Å². The van der Waals surface area contributed by atoms with E-state index in [4.69, 9.17) is 16.3 Å². The van der Waals surface area contributed by atoms with Crippen molar-refractivity contribution in [3.05, 3.63) is 34.6 Å². The number of nitrogens with zero attached hydrogens (tertiary/aromatic N) is 1. The van der Waals surface area contributed by atoms with Crippen LogP contribution in [0, 0.1) is 11.7 Å². The highest BCUT2D eigenvalue weighted by Gasteiger charge is 2.39. The third kappa shape index (κ3) is 2.98. The zero-order chi connectivity index (χ0) is 15.7. The first-order chi connectivity index (χ1) is 10.6. The number of hydrogen-bond acceptors (Lipinski definition) is 3. The lowest BCUT2D eigenvalue weighted by Crippen LogP contribution is -2.53. The largest absolute Gasteiger partial charge is 0.393 e. The summed E-state index contributed by atoms with van der Waals surface area (Å²) in [6.07, 6.45) is 2.21. The van der Waals surface area contributed by atoms with Crippen LogP contribution >= 0.6 is 11.6 Å². The highest BCUT2D eigenvalue weighted by atomic mass is 35.5. The summed E-state index contributed by atoms with van der Waals surface area (Å²) in [5.74, 6) is -0.660. The highest BCUT2D eigenvalue weighted by Crippen LogP contribution is 2.33. The molecule has 3 atom stereocenters. The van der Waals surface area contributed by atoms with E-state index < -0.39 is 11.9 Å². The average molecular weight is 328 g/mol. The Bertz CT molecular complexity index is 568. The maximum Gasteiger partial charge on any atom is 0.255 e. The molecule has 0 bridgehead atoms. The topological polar surface area (TPSA) is 49.8 Å². The van der Waals surface area contributed by atoms with Gasteiger partial charge in [-0.2, -0.15) is 0 Å². The first-order valence-corrected chi connectivity index (χ1v) is 7.97. The average Bonchev–Trinajstić information content (AvgIpc) is 2.93. The Balaban J connectivity index is 1.85. The molecule has 1 heterocycles. The number of aliphatic hydroxyl groups excluding tert-OH is 1. The molecule has 1 aromatic rings. The van der Waals surface area contributed by atoms with Crippen LogP contribution in [-0.2, 0) is 4.74 Å². The van der Waals surface area contributed by atoms with E-state index in [2.05, 4.69) is 0 Å². The van der Waals surface area contributed by atoms with E-state index in [1.807, 2.05) is 0 Å². The van der Waals surface area contributed by atoms with Crippen molar-refractivity contribution in [2.45, 2.75) is 31.4 Å². The van der Waals surface area contributed by atoms with E-state index in [0.29, 0.717) is 25.3 Å². The molecule has 1 saturated heterocycles. The molecule has 1 aliphatic heterocycles. The Morgan fingerprint density at radius 2 is 2.23 bits per heavy atom. The number of halogens is 2. The summed E-state index contributed by atoms with van der Waals surface area (Å²) >= 11 is 6.01. The Kier molecular flexibility index (Phi) is 4.66. The lowest BCUT2D eigenvalue weighted by molar-refractivity contribution is -0.0383. The van der Waals surface area contributed by atoms with E-state index in [1.165, 1.54) is 12.1 Å². The summed E-state index contributed by atoms with van der Waals surface area (Å²) in [6.45, 7) is 1.34. The van der Waals surface area contributed by atoms with Crippen molar-refractivity contribution in [1.29, 1.82) is 0 Å². The molecule has 0 unspecified atom stereocenters. The zero-order valence-electron chi connectivity index (χ0n) is 12.2. The van der Waals surface area contributed by atoms with E-state index >= 15 is 0 Å². The molecular weight excluding hydrogens is 309 g/mol. The van der Waals surface area contributed by atoms with Crippen LogP contribution in [-0.4, -0.2) is 47.8 Å². The standard InChI is InChI=1S/C16H19ClFNO3/c17-13-8-10(18)4-5-11(13)16(21)19-6-7-22-9-14(19)12-2-1-3-15(12)20/h4-5,8,12,14-15,20H,1-3,6-7,9H2/t12-,14-,15-/m1/s1. The van der Waals surface area contributed by atoms with Crippen LogP contribution in [0.25, 0.3) is 0 Å². The summed E-state index contributed by atoms with van der Waals surface area (Å²) < 4.78 is 18.7. The normalized spacial score (nSPS) is 28.9. The first kappa shape index (κ1) is 15.7. The number of aliphatic hydroxyl groups is 1. The second kappa shape index (κ2) is 6.52. The molecule has 120 valence electrons. The van der Waals surface area contributed by atoms with Gasteiger partial charge in [-0.25, -0.2) is 4.39 Å². The van der Waals surface area contributed by atoms with Crippen LogP contribution in [0.3, 0.4) is 0 Å². The fourth-order valence-corrected chi connectivity index (χ4v) is 3.71. The number of hydrogen-bond donors (Lipinski definition) is 1. The molecule has 2 aliphatic rings. The molecule has 1 N–H and O–H groups in total. The summed E-state index contributed by atoms with van der Waals surface area (Å²) in [5.41, 5.74) is 0.294. The van der Waals surface area contributed by atoms with Crippen LogP contribution in [0.15, 0.2) is 18.2 Å². The van der Waals surface area contributed by atoms with Gasteiger partial charge in [0.15, 0.2) is 0 Å². The molecule has 2 fully saturated rings. The minimum atomic E-state index is -0.466. The van der Waals surface area contributed by atoms with Gasteiger partial charge in [0, 0.05) is 12.5 Å². The van der Waals surface area contributed by atoms with Gasteiger partial charge in [-0.3, -0.25) is 4.79 Å². The zero-order valence-corrected chi connectivity index (χ0v) is 12.9. The van der Waals surface area contributed by atoms with Gasteiger partial charge in [-0.05, 0) is 31.0 Å². The Morgan fingerprint density at radius 3 is 2.91 bits per heavy atom. The fourth-order valence-electron chi connectivity index (χ4n) is 3.47. The summed E-state index contributed by atoms with van der Waals surface area (Å²) in [7, 11) is 0. The number of carbonyl (C=O) groups excluding carboxylic acids is 1. The minimum Gasteiger partial charge on any atom is -0.393 e. The molecule has 1 aromatic carbocycles. The van der Waals surface area contributed by atoms with Gasteiger partial charge in [0.2, 0.25) is 0 Å². The van der Waals surface area contributed by atoms with Crippen molar-refractivity contribution in [3.63, 3.8) is 0 Å². The van der Waals surface area contributed by atoms with Crippen molar-refractivity contribution in [1.82, 2.24) is 4.90 Å². The molecule has 0 spiro atoms. The number of ether oxygens (including phenoxy) is 1. The third-order valence-corrected chi connectivity index (χ3v) is 4.93. The number of morpholine rings is 1. The smallest absolute Gasteiger partial charge is 0.255 e. The SMILES string of the molecule is O=C(c1ccc(F)cc1Cl)N1CCOC[C@@H]1[C@H]1CCC[C@H]1O. The van der Waals surface area contributed by atoms with Crippen LogP contribution in [0.2, 0.25) is 5.02 Å². The predicted molar refractivity (Wildman–Crippen MR) is 80.4 cm³/mol. The lowest BCUT2D eigenvalue weighted by atomic mass is 9.93. The molecule has 1 saturated carbocycles. The predicted octanol–water partition coefficient (Wildman–Crippen LogP) is 2.48. The van der Waals surface area contributed by atoms with Gasteiger partial charge in [0.1, 0.15) is 5.82 Å². The maximum atomic E-state index is 13.2. The number of amides is 1. The number of rotatable bonds is 2. The van der Waals surface area contributed by atoms with Gasteiger partial charge < -0.3 is 14.7 Å². The molecular formula is C16H19ClFNO3. The van der Waals surface area contributed by atoms with Gasteiger partial charge in [-0.1, -0.05) is 18.0 Å². The summed E-state index contributed by atoms with van der Waals surface area (Å²) in [4.78, 5) is 14.5. The van der Waals surface area contributed by atoms with Crippen LogP contribution in [0.5, 0.6) is 0 Å². The second-order valence-electron chi connectivity index (χ2n) is 5.93. The maximum absolute atomic E-state index is 13.2. The van der Waals surface area contributed by atoms with Crippen molar-refractivity contribution < 1.29 is 19.0 Å². The molecule has 1 amide bonds. The Labute approximate surface area is 133 Å². The van der Waals surface area contributed by atoms with E-state index in [0.717, 1.165) is 25.3 Å². The van der Waals surface area contributed by atoms with Crippen molar-refractivity contribution in [2.24, 2.45) is 5.92 Å². The number of benzene rings is 1. The molecule has 6 heteroatoms. The molecule has 3 rings (SSSR count). The van der Waals surface area contributed by atoms with Crippen LogP contribution in [0.1, 0.15) is 29.6 Å². The van der Waals surface area contributed by atoms with Crippen molar-refractivity contribution >= 4 is 17.5 Å². The third-order valence-electron chi connectivity index (χ3n) is 4.61. The highest BCUT2D eigenvalue weighted by molar-refractivity contribution is 6.33. The quantitative estimate of drug-likeness (QED) is 0.908. The van der Waals surface area contributed by atoms with Gasteiger partial charge in [0.25, 0.3) is 5.91 Å². The molecule has 22 heavy (non-hydrogen) atoms. The minimum absolute atomic E-state index is 0.0310. The number of carbonyl (C=O) groups is 1. The monoisotopic (exact) mass is 327 g/mol. The van der Waals surface area contributed by atoms with E-state index in [1.54, 1.807) is 4.90 Å². The van der Waals surface area contributed by atoms with Crippen LogP contribution < -0.4 is 0 Å². The van der Waals surface area contributed by atoms with E-state index in [-0.39, 0.29) is 22.9 Å². The summed E-state index contributed by atoms with van der Waals surface area (Å²) in [6, 6.07) is 3.64. The lowest BCUT2D eigenvalue weighted by Gasteiger charge is -2.40. The van der Waals surface area contributed by atoms with E-state index in [9.17, 15) is 14.3 Å². The van der Waals surface area contributed by atoms with Gasteiger partial charge in [0.05, 0.1) is 35.9 Å². The van der Waals surface area contributed by atoms with Crippen LogP contribution in [0.4, 0.5) is 4.39 Å². The fraction of sp³-hybridized carbons (Fsp3) is 0.562. The van der Waals surface area contributed by atoms with Gasteiger partial charge >= 0.3 is 0 Å². The second-order valence-corrected chi connectivity index (χ2v) is 6.33. The van der Waals surface area contributed by atoms with Crippen molar-refractivity contribution in [3.8, 4) is 0 Å². The first-order valence-electron chi connectivity index (χ1n) is 7.60. The molecule has 1 aliphatic carbocycles. The molecule has 4 nitrogen and oxygen atoms in total. The summed E-state index contributed by atoms with van der Waals surface area (Å²) in [5, 5.41) is 10.2.